The third-order valence-electron chi connectivity index (χ3n) is 2.78. The van der Waals surface area contributed by atoms with Gasteiger partial charge in [-0.2, -0.15) is 0 Å². The van der Waals surface area contributed by atoms with Crippen LogP contribution in [-0.2, 0) is 9.84 Å². The van der Waals surface area contributed by atoms with Crippen molar-refractivity contribution in [3.05, 3.63) is 24.3 Å². The van der Waals surface area contributed by atoms with Crippen molar-refractivity contribution in [2.24, 2.45) is 0 Å². The molecule has 0 atom stereocenters. The molecular formula is C13H22N2O2S. The molecule has 0 fully saturated rings. The van der Waals surface area contributed by atoms with E-state index in [1.165, 1.54) is 0 Å². The van der Waals surface area contributed by atoms with Gasteiger partial charge in [-0.25, -0.2) is 8.42 Å². The van der Waals surface area contributed by atoms with E-state index < -0.39 is 9.84 Å². The molecule has 0 saturated carbocycles. The van der Waals surface area contributed by atoms with E-state index in [0.29, 0.717) is 11.3 Å². The van der Waals surface area contributed by atoms with Gasteiger partial charge < -0.3 is 10.2 Å². The second-order valence-corrected chi connectivity index (χ2v) is 6.39. The van der Waals surface area contributed by atoms with Crippen molar-refractivity contribution in [3.63, 3.8) is 0 Å². The predicted octanol–water partition coefficient (Wildman–Crippen LogP) is 1.53. The zero-order valence-electron chi connectivity index (χ0n) is 11.3. The Labute approximate surface area is 110 Å². The lowest BCUT2D eigenvalue weighted by atomic mass is 10.3. The lowest BCUT2D eigenvalue weighted by Gasteiger charge is -2.22. The summed E-state index contributed by atoms with van der Waals surface area (Å²) in [5.41, 5.74) is 0.779. The van der Waals surface area contributed by atoms with Gasteiger partial charge in [-0.1, -0.05) is 19.1 Å². The van der Waals surface area contributed by atoms with Crippen molar-refractivity contribution in [2.75, 3.05) is 37.8 Å². The van der Waals surface area contributed by atoms with E-state index in [2.05, 4.69) is 5.32 Å². The molecule has 4 nitrogen and oxygen atoms in total. The molecule has 5 heteroatoms. The largest absolute Gasteiger partial charge is 0.372 e. The fourth-order valence-corrected chi connectivity index (χ4v) is 3.40. The molecule has 102 valence electrons. The number of sulfone groups is 1. The molecule has 1 aromatic rings. The third kappa shape index (κ3) is 3.71. The minimum atomic E-state index is -3.17. The summed E-state index contributed by atoms with van der Waals surface area (Å²) in [5.74, 6) is 0.198. The Morgan fingerprint density at radius 3 is 2.56 bits per heavy atom. The van der Waals surface area contributed by atoms with Crippen LogP contribution in [-0.4, -0.2) is 41.4 Å². The highest BCUT2D eigenvalue weighted by Crippen LogP contribution is 2.25. The summed E-state index contributed by atoms with van der Waals surface area (Å²) < 4.78 is 24.4. The highest BCUT2D eigenvalue weighted by molar-refractivity contribution is 7.91. The summed E-state index contributed by atoms with van der Waals surface area (Å²) >= 11 is 0. The molecule has 0 saturated heterocycles. The molecule has 1 rings (SSSR count). The van der Waals surface area contributed by atoms with Crippen LogP contribution in [0.3, 0.4) is 0 Å². The number of likely N-dealkylation sites (N-methyl/N-ethyl adjacent to an activating group) is 2. The maximum atomic E-state index is 12.2. The summed E-state index contributed by atoms with van der Waals surface area (Å²) in [6.45, 7) is 3.47. The van der Waals surface area contributed by atoms with Crippen LogP contribution >= 0.6 is 0 Å². The first-order valence-electron chi connectivity index (χ1n) is 6.20. The normalized spacial score (nSPS) is 11.5. The fourth-order valence-electron chi connectivity index (χ4n) is 1.81. The van der Waals surface area contributed by atoms with Gasteiger partial charge in [0, 0.05) is 20.1 Å². The summed E-state index contributed by atoms with van der Waals surface area (Å²) in [7, 11) is 0.624. The monoisotopic (exact) mass is 270 g/mol. The molecule has 1 N–H and O–H groups in total. The van der Waals surface area contributed by atoms with E-state index in [4.69, 9.17) is 0 Å². The first-order chi connectivity index (χ1) is 8.53. The topological polar surface area (TPSA) is 49.4 Å². The fraction of sp³-hybridized carbons (Fsp3) is 0.538. The van der Waals surface area contributed by atoms with Crippen LogP contribution in [0, 0.1) is 0 Å². The molecule has 0 amide bonds. The van der Waals surface area contributed by atoms with E-state index in [-0.39, 0.29) is 5.75 Å². The van der Waals surface area contributed by atoms with E-state index in [9.17, 15) is 8.42 Å². The molecule has 0 spiro atoms. The Hall–Kier alpha value is -1.07. The minimum absolute atomic E-state index is 0.198. The number of para-hydroxylation sites is 1. The average molecular weight is 270 g/mol. The molecule has 0 bridgehead atoms. The van der Waals surface area contributed by atoms with Crippen LogP contribution in [0.25, 0.3) is 0 Å². The number of hydrogen-bond acceptors (Lipinski definition) is 4. The number of anilines is 1. The Morgan fingerprint density at radius 2 is 1.94 bits per heavy atom. The van der Waals surface area contributed by atoms with Crippen LogP contribution in [0.2, 0.25) is 0 Å². The zero-order valence-corrected chi connectivity index (χ0v) is 12.1. The zero-order chi connectivity index (χ0) is 13.6. The van der Waals surface area contributed by atoms with Crippen molar-refractivity contribution in [2.45, 2.75) is 18.2 Å². The Bertz CT molecular complexity index is 472. The van der Waals surface area contributed by atoms with Gasteiger partial charge in [0.2, 0.25) is 0 Å². The second kappa shape index (κ2) is 6.75. The molecule has 0 aromatic heterocycles. The van der Waals surface area contributed by atoms with Gasteiger partial charge in [-0.05, 0) is 25.6 Å². The van der Waals surface area contributed by atoms with Crippen LogP contribution in [0.5, 0.6) is 0 Å². The maximum Gasteiger partial charge on any atom is 0.180 e. The first-order valence-corrected chi connectivity index (χ1v) is 7.85. The van der Waals surface area contributed by atoms with E-state index >= 15 is 0 Å². The smallest absolute Gasteiger partial charge is 0.180 e. The average Bonchev–Trinajstić information content (AvgIpc) is 2.36. The first kappa shape index (κ1) is 15.0. The minimum Gasteiger partial charge on any atom is -0.372 e. The Kier molecular flexibility index (Phi) is 5.62. The van der Waals surface area contributed by atoms with Gasteiger partial charge in [-0.3, -0.25) is 0 Å². The summed E-state index contributed by atoms with van der Waals surface area (Å²) in [5, 5.41) is 3.06. The van der Waals surface area contributed by atoms with E-state index in [1.54, 1.807) is 12.1 Å². The number of rotatable bonds is 7. The van der Waals surface area contributed by atoms with E-state index in [1.807, 2.05) is 38.1 Å². The summed E-state index contributed by atoms with van der Waals surface area (Å²) in [6, 6.07) is 7.20. The van der Waals surface area contributed by atoms with Crippen LogP contribution in [0.15, 0.2) is 29.2 Å². The molecule has 0 aliphatic carbocycles. The Balaban J connectivity index is 3.06. The van der Waals surface area contributed by atoms with Gasteiger partial charge in [0.1, 0.15) is 0 Å². The number of benzene rings is 1. The predicted molar refractivity (Wildman–Crippen MR) is 76.0 cm³/mol. The van der Waals surface area contributed by atoms with Crippen LogP contribution in [0.4, 0.5) is 5.69 Å². The molecule has 1 aromatic carbocycles. The molecule has 0 unspecified atom stereocenters. The van der Waals surface area contributed by atoms with Crippen molar-refractivity contribution in [1.29, 1.82) is 0 Å². The van der Waals surface area contributed by atoms with Crippen LogP contribution in [0.1, 0.15) is 13.3 Å². The van der Waals surface area contributed by atoms with Crippen molar-refractivity contribution < 1.29 is 8.42 Å². The maximum absolute atomic E-state index is 12.2. The number of nitrogens with zero attached hydrogens (tertiary/aromatic N) is 1. The molecule has 0 aliphatic heterocycles. The quantitative estimate of drug-likeness (QED) is 0.816. The summed E-state index contributed by atoms with van der Waals surface area (Å²) in [4.78, 5) is 2.41. The number of hydrogen-bond donors (Lipinski definition) is 1. The van der Waals surface area contributed by atoms with Gasteiger partial charge in [0.25, 0.3) is 0 Å². The van der Waals surface area contributed by atoms with Gasteiger partial charge in [-0.15, -0.1) is 0 Å². The van der Waals surface area contributed by atoms with Crippen molar-refractivity contribution in [3.8, 4) is 0 Å². The molecule has 18 heavy (non-hydrogen) atoms. The standard InChI is InChI=1S/C13H22N2O2S/c1-4-11-18(16,17)13-8-6-5-7-12(13)15(3)10-9-14-2/h5-8,14H,4,9-11H2,1-3H3. The highest BCUT2D eigenvalue weighted by atomic mass is 32.2. The Morgan fingerprint density at radius 1 is 1.28 bits per heavy atom. The summed E-state index contributed by atoms with van der Waals surface area (Å²) in [6.07, 6.45) is 0.636. The second-order valence-electron chi connectivity index (χ2n) is 4.31. The molecule has 0 heterocycles. The van der Waals surface area contributed by atoms with Gasteiger partial charge in [0.15, 0.2) is 9.84 Å². The SMILES string of the molecule is CCCS(=O)(=O)c1ccccc1N(C)CCNC. The van der Waals surface area contributed by atoms with E-state index in [0.717, 1.165) is 18.8 Å². The highest BCUT2D eigenvalue weighted by Gasteiger charge is 2.19. The lowest BCUT2D eigenvalue weighted by Crippen LogP contribution is -2.28. The van der Waals surface area contributed by atoms with Crippen molar-refractivity contribution >= 4 is 15.5 Å². The molecule has 0 radical (unpaired) electrons. The molecular weight excluding hydrogens is 248 g/mol. The lowest BCUT2D eigenvalue weighted by molar-refractivity contribution is 0.594. The molecule has 0 aliphatic rings. The third-order valence-corrected chi connectivity index (χ3v) is 4.74. The van der Waals surface area contributed by atoms with Gasteiger partial charge >= 0.3 is 0 Å². The van der Waals surface area contributed by atoms with Crippen LogP contribution < -0.4 is 10.2 Å². The number of nitrogens with one attached hydrogen (secondary N) is 1. The van der Waals surface area contributed by atoms with Gasteiger partial charge in [0.05, 0.1) is 16.3 Å². The van der Waals surface area contributed by atoms with Crippen molar-refractivity contribution in [1.82, 2.24) is 5.32 Å².